The molecule has 0 bridgehead atoms. The van der Waals surface area contributed by atoms with Crippen LogP contribution < -0.4 is 5.32 Å². The number of rotatable bonds is 6. The average Bonchev–Trinajstić information content (AvgIpc) is 3.15. The van der Waals surface area contributed by atoms with Crippen LogP contribution >= 0.6 is 0 Å². The lowest BCUT2D eigenvalue weighted by Gasteiger charge is -2.26. The second-order valence-corrected chi connectivity index (χ2v) is 6.16. The molecule has 0 aliphatic heterocycles. The molecule has 0 amide bonds. The largest absolute Gasteiger partial charge is 0.339 e. The summed E-state index contributed by atoms with van der Waals surface area (Å²) in [7, 11) is 0. The van der Waals surface area contributed by atoms with Crippen LogP contribution in [0, 0.1) is 5.92 Å². The van der Waals surface area contributed by atoms with E-state index >= 15 is 0 Å². The summed E-state index contributed by atoms with van der Waals surface area (Å²) in [5.41, 5.74) is 0. The molecule has 1 aromatic rings. The zero-order valence-electron chi connectivity index (χ0n) is 11.9. The number of nitrogens with one attached hydrogen (secondary N) is 1. The second kappa shape index (κ2) is 6.04. The molecular formula is C15H25N3O. The Labute approximate surface area is 115 Å². The Morgan fingerprint density at radius 1 is 1.26 bits per heavy atom. The van der Waals surface area contributed by atoms with Crippen LogP contribution in [0.15, 0.2) is 4.52 Å². The first-order valence-electron chi connectivity index (χ1n) is 7.91. The Morgan fingerprint density at radius 2 is 2.16 bits per heavy atom. The fourth-order valence-corrected chi connectivity index (χ4v) is 3.10. The third-order valence-corrected chi connectivity index (χ3v) is 4.56. The molecule has 2 saturated carbocycles. The normalized spacial score (nSPS) is 27.6. The molecule has 1 N–H and O–H groups in total. The standard InChI is InChI=1S/C15H25N3O/c1-2-11-4-3-5-12(10-11)15-17-14(19-18-15)8-9-16-13-6-7-13/h11-13,16H,2-10H2,1H3. The monoisotopic (exact) mass is 263 g/mol. The highest BCUT2D eigenvalue weighted by Gasteiger charge is 2.26. The molecule has 3 rings (SSSR count). The van der Waals surface area contributed by atoms with Gasteiger partial charge in [0, 0.05) is 24.9 Å². The predicted octanol–water partition coefficient (Wildman–Crippen LogP) is 3.05. The van der Waals surface area contributed by atoms with E-state index in [1.54, 1.807) is 0 Å². The van der Waals surface area contributed by atoms with Crippen LogP contribution in [0.25, 0.3) is 0 Å². The number of aromatic nitrogens is 2. The molecular weight excluding hydrogens is 238 g/mol. The molecule has 1 aromatic heterocycles. The minimum Gasteiger partial charge on any atom is -0.339 e. The molecule has 0 saturated heterocycles. The van der Waals surface area contributed by atoms with Crippen LogP contribution in [0.5, 0.6) is 0 Å². The summed E-state index contributed by atoms with van der Waals surface area (Å²) in [5.74, 6) is 3.16. The van der Waals surface area contributed by atoms with Crippen molar-refractivity contribution in [2.75, 3.05) is 6.54 Å². The van der Waals surface area contributed by atoms with Gasteiger partial charge in [-0.15, -0.1) is 0 Å². The molecule has 0 radical (unpaired) electrons. The number of hydrogen-bond donors (Lipinski definition) is 1. The van der Waals surface area contributed by atoms with Gasteiger partial charge in [0.25, 0.3) is 0 Å². The van der Waals surface area contributed by atoms with Crippen molar-refractivity contribution in [3.8, 4) is 0 Å². The van der Waals surface area contributed by atoms with Gasteiger partial charge in [-0.2, -0.15) is 4.98 Å². The van der Waals surface area contributed by atoms with Gasteiger partial charge in [0.05, 0.1) is 0 Å². The first-order valence-corrected chi connectivity index (χ1v) is 7.91. The molecule has 4 heteroatoms. The summed E-state index contributed by atoms with van der Waals surface area (Å²) < 4.78 is 5.39. The Hall–Kier alpha value is -0.900. The second-order valence-electron chi connectivity index (χ2n) is 6.16. The first kappa shape index (κ1) is 13.1. The van der Waals surface area contributed by atoms with Crippen LogP contribution in [0.2, 0.25) is 0 Å². The van der Waals surface area contributed by atoms with Crippen molar-refractivity contribution in [2.45, 2.75) is 70.3 Å². The lowest BCUT2D eigenvalue weighted by molar-refractivity contribution is 0.298. The zero-order chi connectivity index (χ0) is 13.1. The lowest BCUT2D eigenvalue weighted by Crippen LogP contribution is -2.19. The molecule has 2 atom stereocenters. The smallest absolute Gasteiger partial charge is 0.227 e. The third kappa shape index (κ3) is 3.56. The Bertz CT molecular complexity index is 400. The number of hydrogen-bond acceptors (Lipinski definition) is 4. The zero-order valence-corrected chi connectivity index (χ0v) is 11.9. The van der Waals surface area contributed by atoms with Gasteiger partial charge in [0.1, 0.15) is 0 Å². The molecule has 2 fully saturated rings. The molecule has 2 unspecified atom stereocenters. The van der Waals surface area contributed by atoms with Gasteiger partial charge in [-0.25, -0.2) is 0 Å². The van der Waals surface area contributed by atoms with Gasteiger partial charge in [-0.05, 0) is 31.6 Å². The minimum atomic E-state index is 0.535. The number of nitrogens with zero attached hydrogens (tertiary/aromatic N) is 2. The van der Waals surface area contributed by atoms with Crippen molar-refractivity contribution in [2.24, 2.45) is 5.92 Å². The Balaban J connectivity index is 1.51. The fourth-order valence-electron chi connectivity index (χ4n) is 3.10. The topological polar surface area (TPSA) is 51.0 Å². The highest BCUT2D eigenvalue weighted by atomic mass is 16.5. The summed E-state index contributed by atoms with van der Waals surface area (Å²) >= 11 is 0. The van der Waals surface area contributed by atoms with E-state index in [0.29, 0.717) is 5.92 Å². The van der Waals surface area contributed by atoms with E-state index in [-0.39, 0.29) is 0 Å². The molecule has 2 aliphatic carbocycles. The van der Waals surface area contributed by atoms with E-state index in [1.165, 1.54) is 44.9 Å². The molecule has 2 aliphatic rings. The van der Waals surface area contributed by atoms with Crippen LogP contribution in [0.3, 0.4) is 0 Å². The summed E-state index contributed by atoms with van der Waals surface area (Å²) in [5, 5.41) is 7.69. The van der Waals surface area contributed by atoms with E-state index in [2.05, 4.69) is 22.4 Å². The van der Waals surface area contributed by atoms with Crippen LogP contribution in [0.1, 0.15) is 69.5 Å². The van der Waals surface area contributed by atoms with Gasteiger partial charge >= 0.3 is 0 Å². The lowest BCUT2D eigenvalue weighted by atomic mass is 9.80. The van der Waals surface area contributed by atoms with Crippen molar-refractivity contribution in [1.29, 1.82) is 0 Å². The average molecular weight is 263 g/mol. The van der Waals surface area contributed by atoms with Crippen LogP contribution in [-0.4, -0.2) is 22.7 Å². The SMILES string of the molecule is CCC1CCCC(c2noc(CCNC3CC3)n2)C1. The third-order valence-electron chi connectivity index (χ3n) is 4.56. The molecule has 0 aromatic carbocycles. The van der Waals surface area contributed by atoms with E-state index < -0.39 is 0 Å². The van der Waals surface area contributed by atoms with Crippen molar-refractivity contribution in [3.63, 3.8) is 0 Å². The van der Waals surface area contributed by atoms with Crippen LogP contribution in [-0.2, 0) is 6.42 Å². The highest BCUT2D eigenvalue weighted by Crippen LogP contribution is 2.36. The first-order chi connectivity index (χ1) is 9.35. The fraction of sp³-hybridized carbons (Fsp3) is 0.867. The van der Waals surface area contributed by atoms with Gasteiger partial charge in [0.2, 0.25) is 5.89 Å². The van der Waals surface area contributed by atoms with E-state index in [4.69, 9.17) is 4.52 Å². The maximum atomic E-state index is 5.39. The highest BCUT2D eigenvalue weighted by molar-refractivity contribution is 4.98. The summed E-state index contributed by atoms with van der Waals surface area (Å²) in [6, 6.07) is 0.756. The molecule has 19 heavy (non-hydrogen) atoms. The van der Waals surface area contributed by atoms with Crippen molar-refractivity contribution >= 4 is 0 Å². The van der Waals surface area contributed by atoms with E-state index in [9.17, 15) is 0 Å². The molecule has 4 nitrogen and oxygen atoms in total. The van der Waals surface area contributed by atoms with E-state index in [1.807, 2.05) is 0 Å². The Kier molecular flexibility index (Phi) is 4.16. The summed E-state index contributed by atoms with van der Waals surface area (Å²) in [6.45, 7) is 3.26. The van der Waals surface area contributed by atoms with Crippen molar-refractivity contribution in [3.05, 3.63) is 11.7 Å². The molecule has 1 heterocycles. The Morgan fingerprint density at radius 3 is 2.95 bits per heavy atom. The summed E-state index contributed by atoms with van der Waals surface area (Å²) in [6.07, 6.45) is 9.98. The van der Waals surface area contributed by atoms with Gasteiger partial charge in [0.15, 0.2) is 5.82 Å². The quantitative estimate of drug-likeness (QED) is 0.857. The predicted molar refractivity (Wildman–Crippen MR) is 74.0 cm³/mol. The maximum absolute atomic E-state index is 5.39. The van der Waals surface area contributed by atoms with Gasteiger partial charge in [-0.3, -0.25) is 0 Å². The van der Waals surface area contributed by atoms with Crippen LogP contribution in [0.4, 0.5) is 0 Å². The van der Waals surface area contributed by atoms with Crippen molar-refractivity contribution in [1.82, 2.24) is 15.5 Å². The van der Waals surface area contributed by atoms with Gasteiger partial charge in [-0.1, -0.05) is 31.3 Å². The maximum Gasteiger partial charge on any atom is 0.227 e. The van der Waals surface area contributed by atoms with Gasteiger partial charge < -0.3 is 9.84 Å². The molecule has 0 spiro atoms. The van der Waals surface area contributed by atoms with Crippen molar-refractivity contribution < 1.29 is 4.52 Å². The summed E-state index contributed by atoms with van der Waals surface area (Å²) in [4.78, 5) is 4.60. The van der Waals surface area contributed by atoms with E-state index in [0.717, 1.165) is 36.6 Å². The molecule has 106 valence electrons. The minimum absolute atomic E-state index is 0.535.